The van der Waals surface area contributed by atoms with Crippen LogP contribution in [0.5, 0.6) is 0 Å². The van der Waals surface area contributed by atoms with Crippen molar-refractivity contribution in [2.75, 3.05) is 0 Å². The molecule has 0 amide bonds. The Kier molecular flexibility index (Phi) is 5.67. The molecule has 0 heterocycles. The standard InChI is InChI=1S/C41H28N2/c42-23-22-27(26-43)18-19-30-25-39-40(34-15-5-4-12-31(30)34)35-21-20-29(28-10-2-1-3-11-28)24-38(35)41(39)36-16-8-6-13-32(36)33-14-7-9-17-37(33)41/h1-18,20-25H,19,42H2/b23-22-,27-18+. The van der Waals surface area contributed by atoms with E-state index in [9.17, 15) is 5.26 Å². The molecule has 0 bridgehead atoms. The molecule has 2 nitrogen and oxygen atoms in total. The first-order chi connectivity index (χ1) is 21.3. The number of nitrogens with zero attached hydrogens (tertiary/aromatic N) is 1. The number of rotatable bonds is 4. The Morgan fingerprint density at radius 2 is 1.28 bits per heavy atom. The number of nitrogens with two attached hydrogens (primary N) is 1. The van der Waals surface area contributed by atoms with Crippen molar-refractivity contribution >= 4 is 10.8 Å². The maximum Gasteiger partial charge on any atom is 0.0988 e. The number of hydrogen-bond acceptors (Lipinski definition) is 2. The topological polar surface area (TPSA) is 49.8 Å². The summed E-state index contributed by atoms with van der Waals surface area (Å²) in [6.45, 7) is 0. The normalized spacial score (nSPS) is 14.0. The highest BCUT2D eigenvalue weighted by atomic mass is 14.5. The Balaban J connectivity index is 1.51. The SMILES string of the molecule is N#CC(/C=C\N)=C/Cc1cc2c(c3ccccc13)-c1ccc(-c3ccccc3)cc1C21c2ccccc2-c2ccccc21. The van der Waals surface area contributed by atoms with Crippen LogP contribution >= 0.6 is 0 Å². The van der Waals surface area contributed by atoms with Gasteiger partial charge >= 0.3 is 0 Å². The van der Waals surface area contributed by atoms with Crippen molar-refractivity contribution in [2.45, 2.75) is 11.8 Å². The molecule has 2 aliphatic rings. The van der Waals surface area contributed by atoms with Gasteiger partial charge in [-0.3, -0.25) is 0 Å². The number of hydrogen-bond donors (Lipinski definition) is 1. The summed E-state index contributed by atoms with van der Waals surface area (Å²) in [5.74, 6) is 0. The van der Waals surface area contributed by atoms with Crippen molar-refractivity contribution in [3.8, 4) is 39.4 Å². The summed E-state index contributed by atoms with van der Waals surface area (Å²) in [5.41, 5.74) is 19.8. The molecule has 2 aliphatic carbocycles. The summed E-state index contributed by atoms with van der Waals surface area (Å²) in [4.78, 5) is 0. The van der Waals surface area contributed by atoms with Crippen LogP contribution in [0.25, 0.3) is 44.2 Å². The van der Waals surface area contributed by atoms with Gasteiger partial charge in [0.2, 0.25) is 0 Å². The maximum absolute atomic E-state index is 9.70. The monoisotopic (exact) mass is 548 g/mol. The largest absolute Gasteiger partial charge is 0.405 e. The molecule has 1 spiro atoms. The molecule has 0 radical (unpaired) electrons. The smallest absolute Gasteiger partial charge is 0.0988 e. The second kappa shape index (κ2) is 9.72. The van der Waals surface area contributed by atoms with E-state index < -0.39 is 5.41 Å². The molecule has 0 fully saturated rings. The van der Waals surface area contributed by atoms with Crippen LogP contribution in [0, 0.1) is 11.3 Å². The van der Waals surface area contributed by atoms with Crippen molar-refractivity contribution < 1.29 is 0 Å². The highest BCUT2D eigenvalue weighted by Crippen LogP contribution is 2.64. The van der Waals surface area contributed by atoms with E-state index in [0.717, 1.165) is 0 Å². The third-order valence-corrected chi connectivity index (χ3v) is 9.23. The minimum Gasteiger partial charge on any atom is -0.405 e. The molecular formula is C41H28N2. The van der Waals surface area contributed by atoms with Crippen LogP contribution in [-0.4, -0.2) is 0 Å². The summed E-state index contributed by atoms with van der Waals surface area (Å²) in [5, 5.41) is 12.2. The fourth-order valence-electron chi connectivity index (χ4n) is 7.52. The Bertz CT molecular complexity index is 2130. The van der Waals surface area contributed by atoms with E-state index in [4.69, 9.17) is 5.73 Å². The Hall–Kier alpha value is -5.65. The lowest BCUT2D eigenvalue weighted by Gasteiger charge is -2.31. The Labute approximate surface area is 251 Å². The van der Waals surface area contributed by atoms with Gasteiger partial charge in [-0.25, -0.2) is 0 Å². The van der Waals surface area contributed by atoms with Gasteiger partial charge in [-0.15, -0.1) is 0 Å². The van der Waals surface area contributed by atoms with Gasteiger partial charge in [-0.2, -0.15) is 5.26 Å². The highest BCUT2D eigenvalue weighted by Gasteiger charge is 2.52. The number of benzene rings is 6. The first kappa shape index (κ1) is 25.1. The predicted octanol–water partition coefficient (Wildman–Crippen LogP) is 9.32. The van der Waals surface area contributed by atoms with Gasteiger partial charge in [0.15, 0.2) is 0 Å². The summed E-state index contributed by atoms with van der Waals surface area (Å²) in [6, 6.07) is 48.9. The van der Waals surface area contributed by atoms with Crippen molar-refractivity contribution in [2.24, 2.45) is 5.73 Å². The Morgan fingerprint density at radius 1 is 0.628 bits per heavy atom. The van der Waals surface area contributed by atoms with Gasteiger partial charge < -0.3 is 5.73 Å². The summed E-state index contributed by atoms with van der Waals surface area (Å²) >= 11 is 0. The fourth-order valence-corrected chi connectivity index (χ4v) is 7.52. The van der Waals surface area contributed by atoms with Crippen LogP contribution in [0.4, 0.5) is 0 Å². The predicted molar refractivity (Wildman–Crippen MR) is 176 cm³/mol. The van der Waals surface area contributed by atoms with Crippen molar-refractivity contribution in [1.82, 2.24) is 0 Å². The highest BCUT2D eigenvalue weighted by molar-refractivity contribution is 6.07. The quantitative estimate of drug-likeness (QED) is 0.176. The van der Waals surface area contributed by atoms with E-state index in [1.165, 1.54) is 78.2 Å². The van der Waals surface area contributed by atoms with Crippen LogP contribution in [0.3, 0.4) is 0 Å². The van der Waals surface area contributed by atoms with Crippen LogP contribution < -0.4 is 5.73 Å². The first-order valence-electron chi connectivity index (χ1n) is 14.7. The van der Waals surface area contributed by atoms with E-state index in [1.54, 1.807) is 6.08 Å². The molecule has 0 aromatic heterocycles. The Morgan fingerprint density at radius 3 is 1.98 bits per heavy atom. The van der Waals surface area contributed by atoms with Crippen LogP contribution in [-0.2, 0) is 11.8 Å². The van der Waals surface area contributed by atoms with Crippen LogP contribution in [0.2, 0.25) is 0 Å². The third-order valence-electron chi connectivity index (χ3n) is 9.23. The lowest BCUT2D eigenvalue weighted by atomic mass is 9.69. The average Bonchev–Trinajstić information content (AvgIpc) is 3.54. The lowest BCUT2D eigenvalue weighted by molar-refractivity contribution is 0.793. The molecule has 8 rings (SSSR count). The van der Waals surface area contributed by atoms with Gasteiger partial charge in [-0.1, -0.05) is 127 Å². The minimum atomic E-state index is -0.458. The second-order valence-electron chi connectivity index (χ2n) is 11.3. The number of allylic oxidation sites excluding steroid dienone is 3. The fraction of sp³-hybridized carbons (Fsp3) is 0.0488. The minimum absolute atomic E-state index is 0.458. The first-order valence-corrected chi connectivity index (χ1v) is 14.7. The lowest BCUT2D eigenvalue weighted by Crippen LogP contribution is -2.26. The molecule has 2 heteroatoms. The molecule has 0 aliphatic heterocycles. The number of fused-ring (bicyclic) bond motifs is 12. The summed E-state index contributed by atoms with van der Waals surface area (Å²) < 4.78 is 0. The van der Waals surface area contributed by atoms with Crippen LogP contribution in [0.15, 0.2) is 151 Å². The molecule has 2 N–H and O–H groups in total. The molecular weight excluding hydrogens is 520 g/mol. The molecule has 202 valence electrons. The molecule has 0 atom stereocenters. The van der Waals surface area contributed by atoms with Gasteiger partial charge in [0.25, 0.3) is 0 Å². The molecule has 0 unspecified atom stereocenters. The van der Waals surface area contributed by atoms with E-state index in [0.29, 0.717) is 12.0 Å². The average molecular weight is 549 g/mol. The zero-order chi connectivity index (χ0) is 29.0. The van der Waals surface area contributed by atoms with E-state index in [2.05, 4.69) is 133 Å². The van der Waals surface area contributed by atoms with E-state index >= 15 is 0 Å². The summed E-state index contributed by atoms with van der Waals surface area (Å²) in [6.07, 6.45) is 5.71. The zero-order valence-corrected chi connectivity index (χ0v) is 23.6. The third kappa shape index (κ3) is 3.52. The van der Waals surface area contributed by atoms with Crippen LogP contribution in [0.1, 0.15) is 27.8 Å². The zero-order valence-electron chi connectivity index (χ0n) is 23.6. The van der Waals surface area contributed by atoms with Gasteiger partial charge in [0, 0.05) is 5.57 Å². The van der Waals surface area contributed by atoms with Gasteiger partial charge in [-0.05, 0) is 96.7 Å². The van der Waals surface area contributed by atoms with Crippen molar-refractivity contribution in [1.29, 1.82) is 5.26 Å². The molecule has 6 aromatic rings. The number of nitriles is 1. The molecule has 0 saturated carbocycles. The van der Waals surface area contributed by atoms with Crippen molar-refractivity contribution in [3.63, 3.8) is 0 Å². The molecule has 43 heavy (non-hydrogen) atoms. The van der Waals surface area contributed by atoms with E-state index in [1.807, 2.05) is 6.08 Å². The van der Waals surface area contributed by atoms with Gasteiger partial charge in [0.05, 0.1) is 11.5 Å². The van der Waals surface area contributed by atoms with Crippen molar-refractivity contribution in [3.05, 3.63) is 179 Å². The maximum atomic E-state index is 9.70. The second-order valence-corrected chi connectivity index (χ2v) is 11.3. The van der Waals surface area contributed by atoms with Gasteiger partial charge in [0.1, 0.15) is 0 Å². The molecule has 0 saturated heterocycles. The van der Waals surface area contributed by atoms with E-state index in [-0.39, 0.29) is 0 Å². The molecule has 6 aromatic carbocycles. The summed E-state index contributed by atoms with van der Waals surface area (Å²) in [7, 11) is 0.